The molecular formula is C48H47N3O4S3. The maximum Gasteiger partial charge on any atom is 0.323 e. The molecule has 3 aliphatic rings. The minimum Gasteiger partial charge on any atom is -0.480 e. The van der Waals surface area contributed by atoms with E-state index in [1.54, 1.807) is 4.90 Å². The highest BCUT2D eigenvalue weighted by atomic mass is 32.2. The minimum absolute atomic E-state index is 0.253. The zero-order chi connectivity index (χ0) is 40.2. The summed E-state index contributed by atoms with van der Waals surface area (Å²) in [6, 6.07) is 36.6. The number of unbranched alkanes of at least 4 members (excludes halogenated alkanes) is 5. The van der Waals surface area contributed by atoms with Crippen LogP contribution in [0.1, 0.15) is 98.4 Å². The summed E-state index contributed by atoms with van der Waals surface area (Å²) in [6.07, 6.45) is 14.0. The van der Waals surface area contributed by atoms with Gasteiger partial charge in [-0.05, 0) is 89.1 Å². The second kappa shape index (κ2) is 17.9. The minimum atomic E-state index is -1.14. The van der Waals surface area contributed by atoms with Crippen molar-refractivity contribution in [2.75, 3.05) is 11.4 Å². The highest BCUT2D eigenvalue weighted by Gasteiger charge is 2.42. The lowest BCUT2D eigenvalue weighted by atomic mass is 9.95. The molecule has 1 saturated heterocycles. The van der Waals surface area contributed by atoms with E-state index in [-0.39, 0.29) is 5.91 Å². The Morgan fingerprint density at radius 2 is 1.52 bits per heavy atom. The number of nitrogens with zero attached hydrogens (tertiary/aromatic N) is 3. The molecule has 1 aliphatic carbocycles. The van der Waals surface area contributed by atoms with E-state index in [9.17, 15) is 19.5 Å². The molecule has 0 radical (unpaired) electrons. The van der Waals surface area contributed by atoms with Gasteiger partial charge in [-0.3, -0.25) is 23.9 Å². The first-order chi connectivity index (χ1) is 28.3. The fraction of sp³-hybridized carbons (Fsp3) is 0.292. The van der Waals surface area contributed by atoms with Crippen LogP contribution in [-0.4, -0.2) is 43.4 Å². The first kappa shape index (κ1) is 39.8. The summed E-state index contributed by atoms with van der Waals surface area (Å²) in [7, 11) is 0. The summed E-state index contributed by atoms with van der Waals surface area (Å²) in [5.41, 5.74) is 8.72. The largest absolute Gasteiger partial charge is 0.480 e. The third-order valence-corrected chi connectivity index (χ3v) is 14.1. The van der Waals surface area contributed by atoms with Crippen molar-refractivity contribution in [3.8, 4) is 0 Å². The number of anilines is 2. The number of thiocarbonyl (C=S) groups is 1. The zero-order valence-electron chi connectivity index (χ0n) is 32.6. The van der Waals surface area contributed by atoms with Crippen molar-refractivity contribution in [2.24, 2.45) is 0 Å². The standard InChI is InChI=1S/C48H47N3O4S3/c1-2-3-4-5-6-13-27-49-46(55)44(58-48(49)56)47-50(31-43(52)53)45(54)42(57-47)30-33-23-26-41-39(29-33)37-19-14-20-40(37)51(41)36-24-21-32(22-25-36)28-38(34-15-9-7-10-16-34)35-17-11-8-12-18-35/h7-12,15-18,21-26,28-30,37,40H,2-6,13-14,19-20,27,31H2,1H3,(H,52,53). The Balaban J connectivity index is 1.09. The molecule has 8 rings (SSSR count). The summed E-state index contributed by atoms with van der Waals surface area (Å²) in [5.74, 6) is -1.02. The van der Waals surface area contributed by atoms with Gasteiger partial charge < -0.3 is 10.0 Å². The third kappa shape index (κ3) is 8.28. The molecule has 1 N–H and O–H groups in total. The van der Waals surface area contributed by atoms with Gasteiger partial charge in [0.25, 0.3) is 11.5 Å². The number of fused-ring (bicyclic) bond motifs is 3. The zero-order valence-corrected chi connectivity index (χ0v) is 35.1. The number of amides is 1. The molecule has 10 heteroatoms. The lowest BCUT2D eigenvalue weighted by Gasteiger charge is -2.27. The summed E-state index contributed by atoms with van der Waals surface area (Å²) in [5, 5.41) is 9.78. The van der Waals surface area contributed by atoms with Crippen LogP contribution in [0.2, 0.25) is 0 Å². The van der Waals surface area contributed by atoms with E-state index in [4.69, 9.17) is 12.2 Å². The molecule has 2 aliphatic heterocycles. The van der Waals surface area contributed by atoms with Gasteiger partial charge >= 0.3 is 5.97 Å². The summed E-state index contributed by atoms with van der Waals surface area (Å²) >= 11 is 7.94. The van der Waals surface area contributed by atoms with Gasteiger partial charge in [0, 0.05) is 29.9 Å². The smallest absolute Gasteiger partial charge is 0.323 e. The van der Waals surface area contributed by atoms with Crippen LogP contribution < -0.4 is 19.7 Å². The van der Waals surface area contributed by atoms with Crippen LogP contribution in [0.4, 0.5) is 11.4 Å². The number of carbonyl (C=O) groups is 2. The second-order valence-corrected chi connectivity index (χ2v) is 18.0. The Morgan fingerprint density at radius 1 is 0.845 bits per heavy atom. The number of rotatable bonds is 14. The molecule has 58 heavy (non-hydrogen) atoms. The Labute approximate surface area is 353 Å². The van der Waals surface area contributed by atoms with Crippen molar-refractivity contribution >= 4 is 85.5 Å². The summed E-state index contributed by atoms with van der Waals surface area (Å²) in [6.45, 7) is 2.18. The number of thiazole rings is 1. The molecular weight excluding hydrogens is 779 g/mol. The SMILES string of the molecule is CCCCCCCCN1C(=O)C(=c2sc(=Cc3ccc4c(c3)C3CCCC3N4c3ccc(C=C(c4ccccc4)c4ccccc4)cc3)c(=O)n2CC(=O)O)SC1=S. The fourth-order valence-electron chi connectivity index (χ4n) is 8.66. The Morgan fingerprint density at radius 3 is 2.21 bits per heavy atom. The molecule has 4 aromatic carbocycles. The molecule has 1 aromatic heterocycles. The van der Waals surface area contributed by atoms with Gasteiger partial charge in [0.15, 0.2) is 0 Å². The lowest BCUT2D eigenvalue weighted by molar-refractivity contribution is -0.137. The lowest BCUT2D eigenvalue weighted by Crippen LogP contribution is -2.35. The van der Waals surface area contributed by atoms with Gasteiger partial charge in [0.1, 0.15) is 20.4 Å². The molecule has 1 saturated carbocycles. The normalized spacial score (nSPS) is 18.5. The van der Waals surface area contributed by atoms with Crippen LogP contribution in [0.5, 0.6) is 0 Å². The number of hydrogen-bond acceptors (Lipinski definition) is 7. The van der Waals surface area contributed by atoms with Crippen LogP contribution in [0.15, 0.2) is 108 Å². The van der Waals surface area contributed by atoms with E-state index in [1.807, 2.05) is 24.3 Å². The average Bonchev–Trinajstić information content (AvgIpc) is 3.98. The van der Waals surface area contributed by atoms with Crippen LogP contribution in [0.3, 0.4) is 0 Å². The van der Waals surface area contributed by atoms with Gasteiger partial charge in [-0.15, -0.1) is 11.3 Å². The molecule has 296 valence electrons. The molecule has 3 heterocycles. The van der Waals surface area contributed by atoms with Gasteiger partial charge in [0.2, 0.25) is 0 Å². The van der Waals surface area contributed by atoms with E-state index >= 15 is 0 Å². The summed E-state index contributed by atoms with van der Waals surface area (Å²) in [4.78, 5) is 43.9. The third-order valence-electron chi connectivity index (χ3n) is 11.5. The number of benzene rings is 4. The van der Waals surface area contributed by atoms with Gasteiger partial charge in [-0.2, -0.15) is 0 Å². The summed E-state index contributed by atoms with van der Waals surface area (Å²) < 4.78 is 2.41. The van der Waals surface area contributed by atoms with Crippen molar-refractivity contribution in [3.05, 3.63) is 150 Å². The molecule has 0 bridgehead atoms. The van der Waals surface area contributed by atoms with Crippen molar-refractivity contribution in [2.45, 2.75) is 83.2 Å². The van der Waals surface area contributed by atoms with E-state index in [2.05, 4.69) is 103 Å². The predicted octanol–water partition coefficient (Wildman–Crippen LogP) is 9.53. The number of hydrogen-bond donors (Lipinski definition) is 1. The van der Waals surface area contributed by atoms with E-state index in [0.717, 1.165) is 67.1 Å². The fourth-order valence-corrected chi connectivity index (χ4v) is 11.2. The molecule has 2 fully saturated rings. The Kier molecular flexibility index (Phi) is 12.2. The van der Waals surface area contributed by atoms with E-state index < -0.39 is 18.1 Å². The number of carboxylic acid groups (broad SMARTS) is 1. The number of carbonyl (C=O) groups excluding carboxylic acids is 1. The van der Waals surface area contributed by atoms with Gasteiger partial charge in [-0.25, -0.2) is 0 Å². The molecule has 2 unspecified atom stereocenters. The maximum absolute atomic E-state index is 13.8. The quantitative estimate of drug-likeness (QED) is 0.0679. The molecule has 0 spiro atoms. The van der Waals surface area contributed by atoms with Crippen LogP contribution in [0, 0.1) is 0 Å². The second-order valence-electron chi connectivity index (χ2n) is 15.3. The van der Waals surface area contributed by atoms with E-state index in [0.29, 0.717) is 36.9 Å². The Hall–Kier alpha value is -5.03. The van der Waals surface area contributed by atoms with Crippen molar-refractivity contribution < 1.29 is 14.7 Å². The molecule has 5 aromatic rings. The van der Waals surface area contributed by atoms with Crippen molar-refractivity contribution in [3.63, 3.8) is 0 Å². The average molecular weight is 826 g/mol. The first-order valence-electron chi connectivity index (χ1n) is 20.4. The van der Waals surface area contributed by atoms with Gasteiger partial charge in [-0.1, -0.05) is 148 Å². The predicted molar refractivity (Wildman–Crippen MR) is 243 cm³/mol. The van der Waals surface area contributed by atoms with Crippen molar-refractivity contribution in [1.82, 2.24) is 9.47 Å². The number of aliphatic carboxylic acids is 1. The number of thioether (sulfide) groups is 1. The maximum atomic E-state index is 13.8. The van der Waals surface area contributed by atoms with Gasteiger partial charge in [0.05, 0.1) is 4.53 Å². The van der Waals surface area contributed by atoms with Crippen molar-refractivity contribution in [1.29, 1.82) is 0 Å². The monoisotopic (exact) mass is 825 g/mol. The van der Waals surface area contributed by atoms with Crippen LogP contribution in [0.25, 0.3) is 22.6 Å². The number of aromatic nitrogens is 1. The molecule has 1 amide bonds. The Bertz CT molecular complexity index is 2500. The molecule has 7 nitrogen and oxygen atoms in total. The first-order valence-corrected chi connectivity index (χ1v) is 22.4. The van der Waals surface area contributed by atoms with E-state index in [1.165, 1.54) is 63.1 Å². The number of carboxylic acids is 1. The van der Waals surface area contributed by atoms with Crippen LogP contribution >= 0.6 is 35.3 Å². The topological polar surface area (TPSA) is 82.9 Å². The molecule has 2 atom stereocenters. The van der Waals surface area contributed by atoms with Crippen LogP contribution in [-0.2, 0) is 16.1 Å². The highest BCUT2D eigenvalue weighted by molar-refractivity contribution is 8.30. The highest BCUT2D eigenvalue weighted by Crippen LogP contribution is 2.52.